The largest absolute Gasteiger partial charge is 0.490 e. The van der Waals surface area contributed by atoms with E-state index in [1.54, 1.807) is 6.92 Å². The minimum atomic E-state index is -3.59. The quantitative estimate of drug-likeness (QED) is 0.284. The molecule has 1 saturated carbocycles. The number of fused-ring (bicyclic) bond motifs is 4. The van der Waals surface area contributed by atoms with Crippen molar-refractivity contribution in [1.82, 2.24) is 9.71 Å². The van der Waals surface area contributed by atoms with Crippen LogP contribution in [0.2, 0.25) is 5.02 Å². The van der Waals surface area contributed by atoms with Gasteiger partial charge in [0, 0.05) is 48.4 Å². The van der Waals surface area contributed by atoms with Crippen LogP contribution in [-0.2, 0) is 34.8 Å². The third-order valence-electron chi connectivity index (χ3n) is 11.7. The van der Waals surface area contributed by atoms with Crippen LogP contribution < -0.4 is 14.4 Å². The van der Waals surface area contributed by atoms with Crippen molar-refractivity contribution >= 4 is 27.3 Å². The first-order valence-electron chi connectivity index (χ1n) is 17.5. The van der Waals surface area contributed by atoms with Crippen molar-refractivity contribution in [3.8, 4) is 5.75 Å². The maximum absolute atomic E-state index is 13.5. The van der Waals surface area contributed by atoms with Gasteiger partial charge in [-0.15, -0.1) is 0 Å². The first-order valence-corrected chi connectivity index (χ1v) is 19.5. The van der Waals surface area contributed by atoms with Gasteiger partial charge < -0.3 is 14.7 Å². The number of rotatable bonds is 2. The van der Waals surface area contributed by atoms with Gasteiger partial charge in [0.15, 0.2) is 0 Å². The van der Waals surface area contributed by atoms with E-state index in [4.69, 9.17) is 16.3 Å². The van der Waals surface area contributed by atoms with Gasteiger partial charge in [-0.3, -0.25) is 4.98 Å². The molecule has 3 heterocycles. The van der Waals surface area contributed by atoms with E-state index in [1.165, 1.54) is 11.1 Å². The van der Waals surface area contributed by atoms with Crippen LogP contribution in [0.15, 0.2) is 66.9 Å². The Bertz CT molecular complexity index is 1810. The summed E-state index contributed by atoms with van der Waals surface area (Å²) in [4.78, 5) is 7.11. The second-order valence-corrected chi connectivity index (χ2v) is 17.6. The summed E-state index contributed by atoms with van der Waals surface area (Å²) in [6, 6.07) is 16.4. The van der Waals surface area contributed by atoms with E-state index in [9.17, 15) is 13.5 Å². The van der Waals surface area contributed by atoms with Gasteiger partial charge in [-0.25, -0.2) is 13.1 Å². The van der Waals surface area contributed by atoms with Gasteiger partial charge in [-0.1, -0.05) is 42.8 Å². The molecule has 1 aromatic heterocycles. The average molecular weight is 690 g/mol. The molecule has 7 rings (SSSR count). The normalized spacial score (nSPS) is 32.2. The Morgan fingerprint density at radius 2 is 1.98 bits per heavy atom. The fourth-order valence-electron chi connectivity index (χ4n) is 8.60. The lowest BCUT2D eigenvalue weighted by Gasteiger charge is -2.49. The number of sulfonamides is 1. The summed E-state index contributed by atoms with van der Waals surface area (Å²) in [5.74, 6) is 0.974. The second kappa shape index (κ2) is 13.1. The Hall–Kier alpha value is -2.91. The van der Waals surface area contributed by atoms with E-state index in [0.717, 1.165) is 78.5 Å². The van der Waals surface area contributed by atoms with Crippen molar-refractivity contribution in [2.75, 3.05) is 24.6 Å². The number of hydrogen-bond acceptors (Lipinski definition) is 6. The molecule has 0 radical (unpaired) electrons. The predicted octanol–water partition coefficient (Wildman–Crippen LogP) is 6.92. The number of anilines is 1. The Labute approximate surface area is 290 Å². The van der Waals surface area contributed by atoms with Crippen LogP contribution in [0.5, 0.6) is 5.75 Å². The monoisotopic (exact) mass is 689 g/mol. The van der Waals surface area contributed by atoms with E-state index in [-0.39, 0.29) is 29.7 Å². The zero-order valence-electron chi connectivity index (χ0n) is 28.3. The molecule has 2 N–H and O–H groups in total. The molecule has 0 amide bonds. The molecule has 9 heteroatoms. The molecule has 3 aromatic rings. The third kappa shape index (κ3) is 6.53. The van der Waals surface area contributed by atoms with Crippen LogP contribution in [0.1, 0.15) is 73.9 Å². The molecule has 6 atom stereocenters. The molecule has 2 aliphatic carbocycles. The van der Waals surface area contributed by atoms with Crippen LogP contribution in [0.3, 0.4) is 0 Å². The average Bonchev–Trinajstić information content (AvgIpc) is 3.18. The zero-order chi connectivity index (χ0) is 33.7. The topological polar surface area (TPSA) is 91.8 Å². The first-order chi connectivity index (χ1) is 22.9. The number of aryl methyl sites for hydroxylation is 2. The highest BCUT2D eigenvalue weighted by Gasteiger charge is 2.48. The number of pyridine rings is 1. The summed E-state index contributed by atoms with van der Waals surface area (Å²) < 4.78 is 36.5. The third-order valence-corrected chi connectivity index (χ3v) is 14.0. The summed E-state index contributed by atoms with van der Waals surface area (Å²) in [5, 5.41) is 12.7. The molecule has 2 aromatic carbocycles. The van der Waals surface area contributed by atoms with Crippen molar-refractivity contribution in [1.29, 1.82) is 0 Å². The molecule has 1 fully saturated rings. The summed E-state index contributed by atoms with van der Waals surface area (Å²) in [6.07, 6.45) is 11.8. The minimum Gasteiger partial charge on any atom is -0.490 e. The minimum absolute atomic E-state index is 0.0336. The summed E-state index contributed by atoms with van der Waals surface area (Å²) in [7, 11) is -3.59. The van der Waals surface area contributed by atoms with Crippen molar-refractivity contribution in [3.63, 3.8) is 0 Å². The summed E-state index contributed by atoms with van der Waals surface area (Å²) in [5.41, 5.74) is 5.14. The smallest absolute Gasteiger partial charge is 0.214 e. The Kier molecular flexibility index (Phi) is 9.16. The van der Waals surface area contributed by atoms with E-state index < -0.39 is 20.9 Å². The van der Waals surface area contributed by atoms with Crippen LogP contribution in [0.25, 0.3) is 0 Å². The number of ether oxygens (including phenoxy) is 1. The van der Waals surface area contributed by atoms with Crippen LogP contribution in [0, 0.1) is 24.7 Å². The summed E-state index contributed by atoms with van der Waals surface area (Å²) >= 11 is 6.47. The maximum Gasteiger partial charge on any atom is 0.214 e. The Balaban J connectivity index is 1.30. The molecule has 7 nitrogen and oxygen atoms in total. The highest BCUT2D eigenvalue weighted by molar-refractivity contribution is 7.90. The molecule has 4 aliphatic rings. The van der Waals surface area contributed by atoms with Gasteiger partial charge in [0.05, 0.1) is 23.1 Å². The van der Waals surface area contributed by atoms with Crippen molar-refractivity contribution in [3.05, 3.63) is 99.9 Å². The molecule has 1 spiro atoms. The molecule has 48 heavy (non-hydrogen) atoms. The van der Waals surface area contributed by atoms with Crippen molar-refractivity contribution < 1.29 is 18.3 Å². The number of aromatic nitrogens is 1. The van der Waals surface area contributed by atoms with Crippen molar-refractivity contribution in [2.45, 2.75) is 88.5 Å². The van der Waals surface area contributed by atoms with E-state index in [0.29, 0.717) is 19.4 Å². The number of halogens is 1. The molecule has 2 aliphatic heterocycles. The molecule has 256 valence electrons. The first kappa shape index (κ1) is 33.6. The fraction of sp³-hybridized carbons (Fsp3) is 0.513. The number of aliphatic hydroxyl groups is 1. The van der Waals surface area contributed by atoms with Crippen LogP contribution >= 0.6 is 11.6 Å². The van der Waals surface area contributed by atoms with E-state index in [2.05, 4.69) is 38.9 Å². The molecule has 0 saturated heterocycles. The van der Waals surface area contributed by atoms with Crippen molar-refractivity contribution in [2.24, 2.45) is 17.8 Å². The highest BCUT2D eigenvalue weighted by atomic mass is 35.5. The van der Waals surface area contributed by atoms with Gasteiger partial charge in [0.2, 0.25) is 10.0 Å². The van der Waals surface area contributed by atoms with Crippen LogP contribution in [0.4, 0.5) is 5.69 Å². The summed E-state index contributed by atoms with van der Waals surface area (Å²) in [6.45, 7) is 8.12. The predicted molar refractivity (Wildman–Crippen MR) is 192 cm³/mol. The molecular weight excluding hydrogens is 642 g/mol. The maximum atomic E-state index is 13.5. The molecular formula is C39H48ClN3O4S. The number of hydrogen-bond donors (Lipinski definition) is 2. The molecule has 0 unspecified atom stereocenters. The lowest BCUT2D eigenvalue weighted by Crippen LogP contribution is -2.53. The van der Waals surface area contributed by atoms with Gasteiger partial charge in [-0.2, -0.15) is 0 Å². The lowest BCUT2D eigenvalue weighted by molar-refractivity contribution is -0.0452. The van der Waals surface area contributed by atoms with Gasteiger partial charge in [0.1, 0.15) is 5.75 Å². The second-order valence-electron chi connectivity index (χ2n) is 15.0. The van der Waals surface area contributed by atoms with E-state index in [1.807, 2.05) is 56.5 Å². The highest BCUT2D eigenvalue weighted by Crippen LogP contribution is 2.49. The number of benzene rings is 2. The van der Waals surface area contributed by atoms with Gasteiger partial charge in [-0.05, 0) is 129 Å². The van der Waals surface area contributed by atoms with E-state index >= 15 is 0 Å². The fourth-order valence-corrected chi connectivity index (χ4v) is 10.1. The molecule has 2 bridgehead atoms. The number of nitrogens with zero attached hydrogens (tertiary/aromatic N) is 2. The zero-order valence-corrected chi connectivity index (χ0v) is 29.9. The van der Waals surface area contributed by atoms with Gasteiger partial charge >= 0.3 is 0 Å². The Morgan fingerprint density at radius 3 is 2.77 bits per heavy atom. The van der Waals surface area contributed by atoms with Crippen LogP contribution in [-0.4, -0.2) is 49.1 Å². The number of nitrogens with one attached hydrogen (secondary N) is 1. The number of allylic oxidation sites excluding steroid dienone is 1. The standard InChI is InChI=1S/C39H48ClN3O4S/c1-26-14-17-41-33(18-26)21-39(44)16-4-6-27(2)28(3)48(45,46)42-22-29-8-13-37-36(19-29)43(23-31-9-11-35(31)39)24-38(25-47-37)15-5-7-30-20-32(40)10-12-34(30)38/h4,8,10,12-14,16-20,27-28,31,35,42,44H,5-7,9,11,15,21-25H2,1-3H3/b16-4+/t27-,28+,31-,35+,38-,39+/m0/s1. The SMILES string of the molecule is Cc1ccnc(C[C@]2(O)/C=C/C[C@H](C)[C@@H](C)S(=O)(=O)NCc3ccc4c(c3)N(C[C@@H]3CC[C@H]32)C[C@@]2(CCCc3cc(Cl)ccc32)CO4)c1. The Morgan fingerprint density at radius 1 is 1.12 bits per heavy atom. The van der Waals surface area contributed by atoms with Gasteiger partial charge in [0.25, 0.3) is 0 Å². The lowest BCUT2D eigenvalue weighted by atomic mass is 9.62.